The third-order valence-corrected chi connectivity index (χ3v) is 5.79. The topological polar surface area (TPSA) is 77.2 Å². The molecule has 0 atom stereocenters. The van der Waals surface area contributed by atoms with E-state index in [-0.39, 0.29) is 37.9 Å². The number of nitrogen functional groups attached to an aromatic ring is 1. The molecule has 0 saturated heterocycles. The number of fused-ring (bicyclic) bond motifs is 1. The Morgan fingerprint density at radius 1 is 1.12 bits per heavy atom. The van der Waals surface area contributed by atoms with Gasteiger partial charge in [-0.3, -0.25) is 4.79 Å². The number of amides is 1. The van der Waals surface area contributed by atoms with Crippen molar-refractivity contribution in [3.8, 4) is 17.0 Å². The molecule has 32 heavy (non-hydrogen) atoms. The van der Waals surface area contributed by atoms with Gasteiger partial charge in [0.25, 0.3) is 5.91 Å². The lowest BCUT2D eigenvalue weighted by atomic mass is 10.1. The predicted molar refractivity (Wildman–Crippen MR) is 115 cm³/mol. The highest BCUT2D eigenvalue weighted by molar-refractivity contribution is 7.21. The minimum absolute atomic E-state index is 0.0168. The highest BCUT2D eigenvalue weighted by Crippen LogP contribution is 2.43. The lowest BCUT2D eigenvalue weighted by Gasteiger charge is -2.11. The number of carbonyl (C=O) groups excluding carboxylic acids is 1. The van der Waals surface area contributed by atoms with Crippen molar-refractivity contribution in [2.75, 3.05) is 18.2 Å². The van der Waals surface area contributed by atoms with Gasteiger partial charge in [0.15, 0.2) is 11.6 Å². The lowest BCUT2D eigenvalue weighted by molar-refractivity contribution is -0.136. The average Bonchev–Trinajstić information content (AvgIpc) is 3.10. The van der Waals surface area contributed by atoms with Crippen LogP contribution in [0.25, 0.3) is 21.5 Å². The Morgan fingerprint density at radius 3 is 2.47 bits per heavy atom. The van der Waals surface area contributed by atoms with Crippen molar-refractivity contribution in [2.24, 2.45) is 0 Å². The zero-order valence-corrected chi connectivity index (χ0v) is 17.3. The van der Waals surface area contributed by atoms with E-state index in [0.29, 0.717) is 5.56 Å². The van der Waals surface area contributed by atoms with Gasteiger partial charge in [-0.1, -0.05) is 30.3 Å². The lowest BCUT2D eigenvalue weighted by Crippen LogP contribution is -2.12. The second kappa shape index (κ2) is 8.12. The molecule has 164 valence electrons. The molecule has 2 heterocycles. The molecule has 2 aromatic carbocycles. The molecule has 3 N–H and O–H groups in total. The number of nitrogens with zero attached hydrogens (tertiary/aromatic N) is 1. The first kappa shape index (κ1) is 21.6. The molecule has 1 amide bonds. The molecule has 0 aliphatic rings. The number of nitrogens with one attached hydrogen (secondary N) is 1. The van der Waals surface area contributed by atoms with Gasteiger partial charge in [-0.25, -0.2) is 9.37 Å². The highest BCUT2D eigenvalue weighted by Gasteiger charge is 2.36. The van der Waals surface area contributed by atoms with Crippen LogP contribution in [-0.4, -0.2) is 18.0 Å². The van der Waals surface area contributed by atoms with E-state index in [1.807, 2.05) is 0 Å². The number of aromatic nitrogens is 1. The third-order valence-electron chi connectivity index (χ3n) is 4.69. The summed E-state index contributed by atoms with van der Waals surface area (Å²) >= 11 is 0.736. The maximum absolute atomic E-state index is 13.9. The van der Waals surface area contributed by atoms with Crippen molar-refractivity contribution in [3.63, 3.8) is 0 Å². The molecule has 5 nitrogen and oxygen atoms in total. The fraction of sp³-hybridized carbons (Fsp3) is 0.0909. The van der Waals surface area contributed by atoms with Crippen molar-refractivity contribution < 1.29 is 27.1 Å². The number of halogens is 4. The summed E-state index contributed by atoms with van der Waals surface area (Å²) in [5.74, 6) is -1.50. The summed E-state index contributed by atoms with van der Waals surface area (Å²) in [6.45, 7) is 0. The number of nitrogens with two attached hydrogens (primary N) is 1. The van der Waals surface area contributed by atoms with Gasteiger partial charge in [-0.05, 0) is 18.2 Å². The van der Waals surface area contributed by atoms with Crippen LogP contribution in [0, 0.1) is 5.82 Å². The summed E-state index contributed by atoms with van der Waals surface area (Å²) in [5.41, 5.74) is 5.35. The molecule has 2 aromatic heterocycles. The van der Waals surface area contributed by atoms with E-state index in [2.05, 4.69) is 10.3 Å². The summed E-state index contributed by atoms with van der Waals surface area (Å²) < 4.78 is 60.2. The molecule has 0 spiro atoms. The van der Waals surface area contributed by atoms with Crippen LogP contribution in [0.1, 0.15) is 15.2 Å². The van der Waals surface area contributed by atoms with Crippen molar-refractivity contribution in [1.82, 2.24) is 4.98 Å². The zero-order valence-electron chi connectivity index (χ0n) is 16.5. The van der Waals surface area contributed by atoms with E-state index in [1.54, 1.807) is 30.3 Å². The Balaban J connectivity index is 1.80. The Kier molecular flexibility index (Phi) is 5.47. The Morgan fingerprint density at radius 2 is 1.84 bits per heavy atom. The predicted octanol–water partition coefficient (Wildman–Crippen LogP) is 5.96. The highest BCUT2D eigenvalue weighted by atomic mass is 32.1. The van der Waals surface area contributed by atoms with Crippen LogP contribution in [0.3, 0.4) is 0 Å². The third kappa shape index (κ3) is 3.96. The average molecular weight is 461 g/mol. The summed E-state index contributed by atoms with van der Waals surface area (Å²) in [6, 6.07) is 13.0. The summed E-state index contributed by atoms with van der Waals surface area (Å²) in [5, 5.41) is 2.10. The van der Waals surface area contributed by atoms with Gasteiger partial charge in [0.2, 0.25) is 0 Å². The van der Waals surface area contributed by atoms with Gasteiger partial charge in [0.1, 0.15) is 9.71 Å². The number of benzene rings is 2. The first-order valence-electron chi connectivity index (χ1n) is 9.19. The molecule has 0 aliphatic heterocycles. The fourth-order valence-electron chi connectivity index (χ4n) is 3.20. The summed E-state index contributed by atoms with van der Waals surface area (Å²) in [6.07, 6.45) is -4.72. The van der Waals surface area contributed by atoms with E-state index in [0.717, 1.165) is 23.5 Å². The van der Waals surface area contributed by atoms with Crippen LogP contribution < -0.4 is 15.8 Å². The number of hydrogen-bond acceptors (Lipinski definition) is 5. The van der Waals surface area contributed by atoms with Gasteiger partial charge < -0.3 is 15.8 Å². The van der Waals surface area contributed by atoms with Crippen LogP contribution >= 0.6 is 11.3 Å². The van der Waals surface area contributed by atoms with Gasteiger partial charge in [0.05, 0.1) is 24.1 Å². The minimum Gasteiger partial charge on any atom is -0.494 e. The van der Waals surface area contributed by atoms with E-state index >= 15 is 0 Å². The summed E-state index contributed by atoms with van der Waals surface area (Å²) in [7, 11) is 1.30. The number of alkyl halides is 3. The van der Waals surface area contributed by atoms with Gasteiger partial charge in [-0.15, -0.1) is 11.3 Å². The number of hydrogen-bond donors (Lipinski definition) is 2. The van der Waals surface area contributed by atoms with Crippen molar-refractivity contribution >= 4 is 38.8 Å². The summed E-state index contributed by atoms with van der Waals surface area (Å²) in [4.78, 5) is 16.9. The number of pyridine rings is 1. The fourth-order valence-corrected chi connectivity index (χ4v) is 4.22. The Labute approximate surface area is 183 Å². The van der Waals surface area contributed by atoms with Gasteiger partial charge in [0, 0.05) is 22.7 Å². The van der Waals surface area contributed by atoms with Crippen LogP contribution in [0.4, 0.5) is 28.9 Å². The number of rotatable bonds is 4. The zero-order chi connectivity index (χ0) is 23.0. The number of thiophene rings is 1. The van der Waals surface area contributed by atoms with Crippen molar-refractivity contribution in [2.45, 2.75) is 6.18 Å². The number of methoxy groups -OCH3 is 1. The number of anilines is 2. The van der Waals surface area contributed by atoms with Crippen LogP contribution in [0.5, 0.6) is 5.75 Å². The van der Waals surface area contributed by atoms with E-state index in [1.165, 1.54) is 19.2 Å². The molecule has 0 fully saturated rings. The molecule has 0 aliphatic carbocycles. The van der Waals surface area contributed by atoms with Crippen molar-refractivity contribution in [3.05, 3.63) is 70.9 Å². The molecular weight excluding hydrogens is 446 g/mol. The Hall–Kier alpha value is -3.66. The quantitative estimate of drug-likeness (QED) is 0.368. The molecular formula is C22H15F4N3O2S. The SMILES string of the molecule is COc1ccc(NC(=O)c2sc3nc(-c4ccccc4)cc(C(F)(F)F)c3c2N)cc1F. The second-order valence-electron chi connectivity index (χ2n) is 6.75. The van der Waals surface area contributed by atoms with E-state index in [9.17, 15) is 22.4 Å². The number of ether oxygens (including phenoxy) is 1. The minimum atomic E-state index is -4.72. The molecule has 4 rings (SSSR count). The molecule has 0 bridgehead atoms. The van der Waals surface area contributed by atoms with Crippen molar-refractivity contribution in [1.29, 1.82) is 0 Å². The maximum atomic E-state index is 13.9. The standard InChI is InChI=1S/C22H15F4N3O2S/c1-31-16-8-7-12(9-14(16)23)28-20(30)19-18(27)17-13(22(24,25)26)10-15(29-21(17)32-19)11-5-3-2-4-6-11/h2-10H,27H2,1H3,(H,28,30). The van der Waals surface area contributed by atoms with Crippen LogP contribution in [-0.2, 0) is 6.18 Å². The number of carbonyl (C=O) groups is 1. The second-order valence-corrected chi connectivity index (χ2v) is 7.75. The first-order valence-corrected chi connectivity index (χ1v) is 10.0. The van der Waals surface area contributed by atoms with Crippen LogP contribution in [0.15, 0.2) is 54.6 Å². The Bertz CT molecular complexity index is 1320. The monoisotopic (exact) mass is 461 g/mol. The molecule has 10 heteroatoms. The van der Waals surface area contributed by atoms with Crippen LogP contribution in [0.2, 0.25) is 0 Å². The molecule has 0 unspecified atom stereocenters. The van der Waals surface area contributed by atoms with E-state index < -0.39 is 23.5 Å². The smallest absolute Gasteiger partial charge is 0.417 e. The van der Waals surface area contributed by atoms with Gasteiger partial charge >= 0.3 is 6.18 Å². The normalized spacial score (nSPS) is 11.5. The van der Waals surface area contributed by atoms with E-state index in [4.69, 9.17) is 10.5 Å². The molecule has 4 aromatic rings. The first-order chi connectivity index (χ1) is 15.2. The molecule has 0 radical (unpaired) electrons. The molecule has 0 saturated carbocycles. The van der Waals surface area contributed by atoms with Gasteiger partial charge in [-0.2, -0.15) is 13.2 Å². The largest absolute Gasteiger partial charge is 0.494 e. The maximum Gasteiger partial charge on any atom is 0.417 e.